The van der Waals surface area contributed by atoms with E-state index >= 15 is 8.78 Å². The number of carbonyl (C=O) groups excluding carboxylic acids is 4. The molecule has 1 amide bonds. The summed E-state index contributed by atoms with van der Waals surface area (Å²) in [6.07, 6.45) is 0.648. The molecule has 9 rings (SSSR count). The number of carbonyl (C=O) groups is 4. The van der Waals surface area contributed by atoms with E-state index in [-0.39, 0.29) is 79.7 Å². The van der Waals surface area contributed by atoms with Gasteiger partial charge in [-0.3, -0.25) is 39.3 Å². The van der Waals surface area contributed by atoms with Gasteiger partial charge in [-0.1, -0.05) is 69.7 Å². The molecule has 0 unspecified atom stereocenters. The Bertz CT molecular complexity index is 3440. The van der Waals surface area contributed by atoms with Gasteiger partial charge in [-0.25, -0.2) is 32.3 Å². The monoisotopic (exact) mass is 1330 g/mol. The van der Waals surface area contributed by atoms with Crippen LogP contribution >= 0.6 is 27.3 Å². The first-order valence-corrected chi connectivity index (χ1v) is 32.1. The van der Waals surface area contributed by atoms with Gasteiger partial charge >= 0.3 is 17.9 Å². The number of rotatable bonds is 21. The number of amides is 1. The quantitative estimate of drug-likeness (QED) is 0.0410. The van der Waals surface area contributed by atoms with Crippen molar-refractivity contribution < 1.29 is 60.4 Å². The second-order valence-corrected chi connectivity index (χ2v) is 26.3. The fraction of sp³-hybridized carbons (Fsp3) is 0.493. The molecule has 4 aromatic carbocycles. The first kappa shape index (κ1) is 69.1. The number of aromatic nitrogens is 2. The number of fused-ring (bicyclic) bond motifs is 2. The molecule has 2 saturated heterocycles. The lowest BCUT2D eigenvalue weighted by atomic mass is 9.94. The summed E-state index contributed by atoms with van der Waals surface area (Å²) in [5, 5.41) is 3.50. The Kier molecular flexibility index (Phi) is 23.1. The molecule has 3 aliphatic rings. The Hall–Kier alpha value is -6.76. The van der Waals surface area contributed by atoms with Gasteiger partial charge in [0.1, 0.15) is 22.9 Å². The van der Waals surface area contributed by atoms with E-state index in [9.17, 15) is 28.0 Å². The average molecular weight is 1330 g/mol. The summed E-state index contributed by atoms with van der Waals surface area (Å²) in [4.78, 5) is 70.5. The zero-order chi connectivity index (χ0) is 65.2. The molecule has 6 aromatic rings. The van der Waals surface area contributed by atoms with Crippen LogP contribution in [0.15, 0.2) is 95.5 Å². The lowest BCUT2D eigenvalue weighted by Crippen LogP contribution is -2.59. The highest BCUT2D eigenvalue weighted by Crippen LogP contribution is 2.37. The van der Waals surface area contributed by atoms with Gasteiger partial charge in [0.25, 0.3) is 17.8 Å². The van der Waals surface area contributed by atoms with E-state index in [1.807, 2.05) is 97.8 Å². The number of esters is 3. The fourth-order valence-corrected chi connectivity index (χ4v) is 13.1. The summed E-state index contributed by atoms with van der Waals surface area (Å²) in [5.41, 5.74) is 4.93. The van der Waals surface area contributed by atoms with Crippen molar-refractivity contribution in [1.29, 1.82) is 0 Å². The lowest BCUT2D eigenvalue weighted by Gasteiger charge is -2.44. The highest BCUT2D eigenvalue weighted by molar-refractivity contribution is 9.10. The molecule has 17 nitrogen and oxygen atoms in total. The van der Waals surface area contributed by atoms with Crippen LogP contribution in [-0.4, -0.2) is 180 Å². The van der Waals surface area contributed by atoms with Crippen molar-refractivity contribution in [3.05, 3.63) is 129 Å². The first-order chi connectivity index (χ1) is 42.6. The van der Waals surface area contributed by atoms with Gasteiger partial charge in [0.2, 0.25) is 0 Å². The molecular weight excluding hydrogens is 1250 g/mol. The van der Waals surface area contributed by atoms with Crippen LogP contribution in [-0.2, 0) is 36.8 Å². The Morgan fingerprint density at radius 3 is 1.77 bits per heavy atom. The number of para-hydroxylation sites is 1. The maximum Gasteiger partial charge on any atom is 0.358 e. The Balaban J connectivity index is 0.000000312. The van der Waals surface area contributed by atoms with Gasteiger partial charge in [0, 0.05) is 84.6 Å². The van der Waals surface area contributed by atoms with E-state index < -0.39 is 43.2 Å². The molecule has 0 saturated carbocycles. The largest absolute Gasteiger partial charge is 0.487 e. The number of hydrogen-bond donors (Lipinski definition) is 1. The summed E-state index contributed by atoms with van der Waals surface area (Å²) in [5.74, 6) is -6.42. The summed E-state index contributed by atoms with van der Waals surface area (Å²) >= 11 is 4.79. The minimum Gasteiger partial charge on any atom is -0.487 e. The second-order valence-electron chi connectivity index (χ2n) is 24.4. The summed E-state index contributed by atoms with van der Waals surface area (Å²) in [7, 11) is 0. The molecule has 0 aliphatic carbocycles. The van der Waals surface area contributed by atoms with Crippen molar-refractivity contribution in [2.24, 2.45) is 0 Å². The van der Waals surface area contributed by atoms with Crippen LogP contribution < -0.4 is 19.7 Å². The van der Waals surface area contributed by atoms with E-state index in [2.05, 4.69) is 26.2 Å². The number of benzene rings is 4. The van der Waals surface area contributed by atoms with Gasteiger partial charge in [-0.15, -0.1) is 0 Å². The summed E-state index contributed by atoms with van der Waals surface area (Å²) < 4.78 is 89.3. The molecule has 23 heteroatoms. The Labute approximate surface area is 537 Å². The number of ether oxygens (including phenoxy) is 5. The third kappa shape index (κ3) is 18.3. The number of halogens is 5. The van der Waals surface area contributed by atoms with Crippen LogP contribution in [0.2, 0.25) is 0 Å². The van der Waals surface area contributed by atoms with E-state index in [1.165, 1.54) is 11.3 Å². The average Bonchev–Trinajstić information content (AvgIpc) is 0.985. The van der Waals surface area contributed by atoms with Crippen LogP contribution in [0, 0.1) is 13.8 Å². The first-order valence-electron chi connectivity index (χ1n) is 30.5. The number of thiazole rings is 1. The molecule has 486 valence electrons. The zero-order valence-electron chi connectivity index (χ0n) is 53.2. The number of piperazine rings is 2. The number of anilines is 2. The SMILES string of the molecule is CCOC(=O)CN1[C@H](C)CN(CC(F)(F)COc2cccc(-c3ccc(N4CCc5cccc(C(=O)Nc6nc7ccccc7s6)c5C4)nc3C(=O)OC(C)(C)C)c2C)C[C@@H]1C.CCOC(=O)CN1[C@H](C)CN(CC(F)(F)COc2cccc(Br)c2C)C[C@@H]1C. The number of nitrogens with zero attached hydrogens (tertiary/aromatic N) is 7. The molecule has 1 N–H and O–H groups in total. The van der Waals surface area contributed by atoms with Crippen molar-refractivity contribution >= 4 is 72.2 Å². The molecular formula is C67H83BrF4N8O9S. The molecule has 2 fully saturated rings. The Morgan fingerprint density at radius 2 is 1.21 bits per heavy atom. The predicted molar refractivity (Wildman–Crippen MR) is 346 cm³/mol. The second kappa shape index (κ2) is 30.1. The minimum atomic E-state index is -3.18. The number of alkyl halides is 4. The van der Waals surface area contributed by atoms with E-state index in [0.717, 1.165) is 31.4 Å². The maximum absolute atomic E-state index is 15.6. The van der Waals surface area contributed by atoms with Gasteiger partial charge in [-0.2, -0.15) is 0 Å². The van der Waals surface area contributed by atoms with Gasteiger partial charge in [-0.05, 0) is 153 Å². The number of pyridine rings is 1. The van der Waals surface area contributed by atoms with E-state index in [4.69, 9.17) is 28.7 Å². The highest BCUT2D eigenvalue weighted by Gasteiger charge is 2.40. The minimum absolute atomic E-state index is 0.0165. The van der Waals surface area contributed by atoms with E-state index in [0.29, 0.717) is 91.2 Å². The molecule has 4 atom stereocenters. The van der Waals surface area contributed by atoms with Crippen LogP contribution in [0.3, 0.4) is 0 Å². The normalized spacial score (nSPS) is 18.7. The summed E-state index contributed by atoms with van der Waals surface area (Å²) in [6, 6.07) is 27.2. The van der Waals surface area contributed by atoms with Gasteiger partial charge in [0.15, 0.2) is 24.0 Å². The molecule has 2 aromatic heterocycles. The zero-order valence-corrected chi connectivity index (χ0v) is 55.6. The lowest BCUT2D eigenvalue weighted by molar-refractivity contribution is -0.148. The third-order valence-corrected chi connectivity index (χ3v) is 17.8. The molecule has 5 heterocycles. The highest BCUT2D eigenvalue weighted by atomic mass is 79.9. The topological polar surface area (TPSA) is 168 Å². The van der Waals surface area contributed by atoms with Crippen LogP contribution in [0.4, 0.5) is 28.5 Å². The van der Waals surface area contributed by atoms with Crippen LogP contribution in [0.25, 0.3) is 21.3 Å². The van der Waals surface area contributed by atoms with Crippen LogP contribution in [0.1, 0.15) is 105 Å². The van der Waals surface area contributed by atoms with Crippen molar-refractivity contribution in [3.8, 4) is 22.6 Å². The molecule has 90 heavy (non-hydrogen) atoms. The molecule has 0 bridgehead atoms. The molecule has 0 spiro atoms. The summed E-state index contributed by atoms with van der Waals surface area (Å²) in [6.45, 7) is 21.4. The van der Waals surface area contributed by atoms with Crippen molar-refractivity contribution in [1.82, 2.24) is 29.6 Å². The number of nitrogens with one attached hydrogen (secondary N) is 1. The maximum atomic E-state index is 15.6. The van der Waals surface area contributed by atoms with Crippen LogP contribution in [0.5, 0.6) is 11.5 Å². The molecule has 3 aliphatic heterocycles. The van der Waals surface area contributed by atoms with Gasteiger partial charge < -0.3 is 28.6 Å². The van der Waals surface area contributed by atoms with Gasteiger partial charge in [0.05, 0.1) is 49.6 Å². The van der Waals surface area contributed by atoms with Crippen molar-refractivity contribution in [2.75, 3.05) is 95.5 Å². The number of hydrogen-bond acceptors (Lipinski definition) is 17. The van der Waals surface area contributed by atoms with E-state index in [1.54, 1.807) is 93.8 Å². The predicted octanol–water partition coefficient (Wildman–Crippen LogP) is 12.1. The third-order valence-electron chi connectivity index (χ3n) is 16.0. The van der Waals surface area contributed by atoms with Crippen molar-refractivity contribution in [2.45, 2.75) is 131 Å². The Morgan fingerprint density at radius 1 is 0.667 bits per heavy atom. The standard InChI is InChI=1S/C47H54F2N6O6S.C20H29BrF2N2O3/c1-8-59-41(56)26-55-29(2)23-53(24-30(55)3)27-47(48,49)28-60-38-17-12-14-33(31(38)4)34-19-20-40(51-42(34)44(58)61-46(5,6)7)54-22-21-32-13-11-15-35(36(32)25-54)43(57)52-45-50-37-16-9-10-18-39(37)62-45;1-5-27-19(26)11-25-14(2)9-24(10-15(25)3)12-20(22,23)13-28-18-8-6-7-17(21)16(18)4/h9-20,29-30H,8,21-28H2,1-7H3,(H,50,52,57);6-8,14-15H,5,9-13H2,1-4H3/t29-,30+;14-,15+. The fourth-order valence-electron chi connectivity index (χ4n) is 11.8. The van der Waals surface area contributed by atoms with Crippen molar-refractivity contribution in [3.63, 3.8) is 0 Å². The smallest absolute Gasteiger partial charge is 0.358 e. The molecule has 0 radical (unpaired) electrons.